The molecule has 0 bridgehead atoms. The van der Waals surface area contributed by atoms with Crippen LogP contribution in [0, 0.1) is 12.8 Å². The molecule has 5 rings (SSSR count). The number of benzene rings is 3. The van der Waals surface area contributed by atoms with Gasteiger partial charge in [-0.2, -0.15) is 0 Å². The van der Waals surface area contributed by atoms with E-state index in [1.807, 2.05) is 43.3 Å². The quantitative estimate of drug-likeness (QED) is 0.268. The Labute approximate surface area is 217 Å². The van der Waals surface area contributed by atoms with Gasteiger partial charge in [0.25, 0.3) is 0 Å². The van der Waals surface area contributed by atoms with Crippen molar-refractivity contribution in [2.75, 3.05) is 5.32 Å². The number of para-hydroxylation sites is 1. The fourth-order valence-corrected chi connectivity index (χ4v) is 5.63. The smallest absolute Gasteiger partial charge is 0.303 e. The van der Waals surface area contributed by atoms with Gasteiger partial charge in [0, 0.05) is 28.8 Å². The van der Waals surface area contributed by atoms with Gasteiger partial charge in [0.05, 0.1) is 5.52 Å². The summed E-state index contributed by atoms with van der Waals surface area (Å²) >= 11 is 5.75. The molecule has 1 saturated carbocycles. The minimum atomic E-state index is -0.677. The number of aryl methyl sites for hydroxylation is 1. The molecule has 4 aromatic rings. The molecule has 0 amide bonds. The number of rotatable bonds is 6. The van der Waals surface area contributed by atoms with Gasteiger partial charge in [-0.1, -0.05) is 66.8 Å². The molecule has 0 aliphatic heterocycles. The average Bonchev–Trinajstić information content (AvgIpc) is 2.88. The first-order valence-electron chi connectivity index (χ1n) is 12.6. The molecule has 0 saturated heterocycles. The summed E-state index contributed by atoms with van der Waals surface area (Å²) < 4.78 is 0. The zero-order chi connectivity index (χ0) is 25.1. The molecule has 1 aliphatic rings. The van der Waals surface area contributed by atoms with Gasteiger partial charge in [-0.15, -0.1) is 0 Å². The number of pyridine rings is 1. The number of carbonyl (C=O) groups is 1. The van der Waals surface area contributed by atoms with Crippen molar-refractivity contribution in [2.45, 2.75) is 44.9 Å². The topological polar surface area (TPSA) is 62.2 Å². The zero-order valence-corrected chi connectivity index (χ0v) is 21.2. The lowest BCUT2D eigenvalue weighted by molar-refractivity contribution is -0.138. The third kappa shape index (κ3) is 5.47. The Bertz CT molecular complexity index is 1390. The summed E-state index contributed by atoms with van der Waals surface area (Å²) in [6.07, 6.45) is 4.43. The molecule has 2 N–H and O–H groups in total. The van der Waals surface area contributed by atoms with Gasteiger partial charge in [0.2, 0.25) is 0 Å². The molecule has 1 aliphatic carbocycles. The second kappa shape index (κ2) is 10.6. The Kier molecular flexibility index (Phi) is 7.10. The second-order valence-corrected chi connectivity index (χ2v) is 10.2. The van der Waals surface area contributed by atoms with E-state index in [4.69, 9.17) is 22.3 Å². The highest BCUT2D eigenvalue weighted by Gasteiger charge is 2.24. The van der Waals surface area contributed by atoms with Crippen LogP contribution in [-0.2, 0) is 4.79 Å². The highest BCUT2D eigenvalue weighted by molar-refractivity contribution is 7.81. The number of fused-ring (bicyclic) bond motifs is 1. The summed E-state index contributed by atoms with van der Waals surface area (Å²) in [6, 6.07) is 27.3. The SMILES string of the molecule is Cc1cc(C(=S)Nc2ccccc2)c2ccc(-c3ccc([C@H]4CC[C@H](CC(=O)O)CC4)cc3)cc2n1. The van der Waals surface area contributed by atoms with Crippen LogP contribution in [0.1, 0.15) is 54.8 Å². The number of nitrogens with zero attached hydrogens (tertiary/aromatic N) is 1. The van der Waals surface area contributed by atoms with E-state index in [2.05, 4.69) is 47.8 Å². The van der Waals surface area contributed by atoms with Gasteiger partial charge < -0.3 is 10.4 Å². The monoisotopic (exact) mass is 494 g/mol. The summed E-state index contributed by atoms with van der Waals surface area (Å²) in [7, 11) is 0. The van der Waals surface area contributed by atoms with Crippen molar-refractivity contribution < 1.29 is 9.90 Å². The summed E-state index contributed by atoms with van der Waals surface area (Å²) in [4.78, 5) is 16.5. The molecule has 1 fully saturated rings. The number of anilines is 1. The molecule has 0 atom stereocenters. The molecule has 36 heavy (non-hydrogen) atoms. The van der Waals surface area contributed by atoms with Crippen LogP contribution in [0.5, 0.6) is 0 Å². The lowest BCUT2D eigenvalue weighted by Gasteiger charge is -2.28. The predicted molar refractivity (Wildman–Crippen MR) is 151 cm³/mol. The van der Waals surface area contributed by atoms with Crippen LogP contribution in [0.25, 0.3) is 22.0 Å². The van der Waals surface area contributed by atoms with Crippen LogP contribution in [0.4, 0.5) is 5.69 Å². The molecule has 0 radical (unpaired) electrons. The number of hydrogen-bond acceptors (Lipinski definition) is 3. The highest BCUT2D eigenvalue weighted by Crippen LogP contribution is 2.38. The molecule has 3 aromatic carbocycles. The Morgan fingerprint density at radius 1 is 0.944 bits per heavy atom. The van der Waals surface area contributed by atoms with Gasteiger partial charge >= 0.3 is 5.97 Å². The maximum atomic E-state index is 11.0. The normalized spacial score (nSPS) is 17.6. The second-order valence-electron chi connectivity index (χ2n) is 9.80. The predicted octanol–water partition coefficient (Wildman–Crippen LogP) is 7.75. The maximum Gasteiger partial charge on any atom is 0.303 e. The Morgan fingerprint density at radius 2 is 1.64 bits per heavy atom. The molecule has 0 unspecified atom stereocenters. The molecule has 182 valence electrons. The number of hydrogen-bond donors (Lipinski definition) is 2. The summed E-state index contributed by atoms with van der Waals surface area (Å²) in [5, 5.41) is 13.4. The van der Waals surface area contributed by atoms with E-state index in [-0.39, 0.29) is 0 Å². The lowest BCUT2D eigenvalue weighted by Crippen LogP contribution is -2.16. The van der Waals surface area contributed by atoms with E-state index in [1.54, 1.807) is 0 Å². The number of aliphatic carboxylic acids is 1. The van der Waals surface area contributed by atoms with E-state index < -0.39 is 5.97 Å². The van der Waals surface area contributed by atoms with E-state index in [1.165, 1.54) is 5.56 Å². The van der Waals surface area contributed by atoms with Crippen molar-refractivity contribution in [3.63, 3.8) is 0 Å². The third-order valence-corrected chi connectivity index (χ3v) is 7.56. The van der Waals surface area contributed by atoms with Crippen molar-refractivity contribution in [2.24, 2.45) is 5.92 Å². The summed E-state index contributed by atoms with van der Waals surface area (Å²) in [5.74, 6) is 0.169. The maximum absolute atomic E-state index is 11.0. The third-order valence-electron chi connectivity index (χ3n) is 7.24. The van der Waals surface area contributed by atoms with Crippen molar-refractivity contribution >= 4 is 39.8 Å². The number of aromatic nitrogens is 1. The Morgan fingerprint density at radius 3 is 2.33 bits per heavy atom. The van der Waals surface area contributed by atoms with Crippen LogP contribution in [0.2, 0.25) is 0 Å². The minimum absolute atomic E-state index is 0.301. The Hall–Kier alpha value is -3.57. The van der Waals surface area contributed by atoms with E-state index >= 15 is 0 Å². The largest absolute Gasteiger partial charge is 0.481 e. The van der Waals surface area contributed by atoms with Crippen molar-refractivity contribution in [1.29, 1.82) is 0 Å². The number of carboxylic acids is 1. The molecule has 1 heterocycles. The van der Waals surface area contributed by atoms with E-state index in [9.17, 15) is 4.79 Å². The molecule has 4 nitrogen and oxygen atoms in total. The van der Waals surface area contributed by atoms with Gasteiger partial charge in [0.15, 0.2) is 0 Å². The minimum Gasteiger partial charge on any atom is -0.481 e. The standard InChI is InChI=1S/C31H30N2O2S/c1-20-17-28(31(36)33-26-5-3-2-4-6-26)27-16-15-25(19-29(27)32-20)24-13-11-23(12-14-24)22-9-7-21(8-10-22)18-30(34)35/h2-6,11-17,19,21-22H,7-10,18H2,1H3,(H,33,36)(H,34,35)/t21-,22-. The molecule has 1 aromatic heterocycles. The molecular weight excluding hydrogens is 464 g/mol. The van der Waals surface area contributed by atoms with Crippen molar-refractivity contribution in [3.8, 4) is 11.1 Å². The fourth-order valence-electron chi connectivity index (χ4n) is 5.34. The van der Waals surface area contributed by atoms with E-state index in [0.717, 1.165) is 64.7 Å². The van der Waals surface area contributed by atoms with Gasteiger partial charge in [-0.05, 0) is 85.4 Å². The zero-order valence-electron chi connectivity index (χ0n) is 20.4. The molecule has 0 spiro atoms. The molecule has 5 heteroatoms. The van der Waals surface area contributed by atoms with Crippen LogP contribution < -0.4 is 5.32 Å². The lowest BCUT2D eigenvalue weighted by atomic mass is 9.77. The Balaban J connectivity index is 1.35. The van der Waals surface area contributed by atoms with Gasteiger partial charge in [-0.3, -0.25) is 9.78 Å². The highest BCUT2D eigenvalue weighted by atomic mass is 32.1. The van der Waals surface area contributed by atoms with Gasteiger partial charge in [-0.25, -0.2) is 0 Å². The summed E-state index contributed by atoms with van der Waals surface area (Å²) in [6.45, 7) is 2.00. The van der Waals surface area contributed by atoms with Crippen molar-refractivity contribution in [1.82, 2.24) is 4.98 Å². The first-order chi connectivity index (χ1) is 17.5. The number of nitrogens with one attached hydrogen (secondary N) is 1. The van der Waals surface area contributed by atoms with E-state index in [0.29, 0.717) is 23.2 Å². The van der Waals surface area contributed by atoms with Crippen LogP contribution >= 0.6 is 12.2 Å². The van der Waals surface area contributed by atoms with Crippen LogP contribution in [0.15, 0.2) is 78.9 Å². The van der Waals surface area contributed by atoms with Crippen molar-refractivity contribution in [3.05, 3.63) is 95.7 Å². The van der Waals surface area contributed by atoms with Crippen LogP contribution in [-0.4, -0.2) is 21.0 Å². The molecular formula is C31H30N2O2S. The first-order valence-corrected chi connectivity index (χ1v) is 13.0. The first kappa shape index (κ1) is 24.1. The number of carboxylic acid groups (broad SMARTS) is 1. The fraction of sp³-hybridized carbons (Fsp3) is 0.258. The number of thiocarbonyl (C=S) groups is 1. The summed E-state index contributed by atoms with van der Waals surface area (Å²) in [5.41, 5.74) is 7.46. The van der Waals surface area contributed by atoms with Gasteiger partial charge in [0.1, 0.15) is 4.99 Å². The average molecular weight is 495 g/mol. The van der Waals surface area contributed by atoms with Crippen LogP contribution in [0.3, 0.4) is 0 Å².